The molecule has 0 fully saturated rings. The minimum Gasteiger partial charge on any atom is -0.0776 e. The van der Waals surface area contributed by atoms with E-state index in [1.165, 1.54) is 315 Å². The van der Waals surface area contributed by atoms with Crippen LogP contribution in [-0.2, 0) is 0 Å². The third-order valence-electron chi connectivity index (χ3n) is 21.6. The maximum absolute atomic E-state index is 2.38. The van der Waals surface area contributed by atoms with Crippen LogP contribution in [0.3, 0.4) is 0 Å². The Bertz CT molecular complexity index is 1180. The van der Waals surface area contributed by atoms with Crippen molar-refractivity contribution in [2.75, 3.05) is 0 Å². The van der Waals surface area contributed by atoms with Gasteiger partial charge in [-0.1, -0.05) is 641 Å². The van der Waals surface area contributed by atoms with E-state index in [9.17, 15) is 0 Å². The molecule has 0 rings (SSSR count). The molecule has 706 valence electrons. The van der Waals surface area contributed by atoms with E-state index in [1.54, 1.807) is 0 Å². The molecule has 0 spiro atoms. The summed E-state index contributed by atoms with van der Waals surface area (Å²) in [6, 6.07) is 0. The second-order valence-electron chi connectivity index (χ2n) is 37.4. The summed E-state index contributed by atoms with van der Waals surface area (Å²) in [7, 11) is 0. The lowest BCUT2D eigenvalue weighted by molar-refractivity contribution is 0.389. The topological polar surface area (TPSA) is 0 Å². The van der Waals surface area contributed by atoms with E-state index in [0.29, 0.717) is 0 Å². The third kappa shape index (κ3) is 239. The van der Waals surface area contributed by atoms with Gasteiger partial charge < -0.3 is 0 Å². The van der Waals surface area contributed by atoms with Crippen LogP contribution < -0.4 is 0 Å². The van der Waals surface area contributed by atoms with Crippen molar-refractivity contribution in [1.29, 1.82) is 0 Å². The van der Waals surface area contributed by atoms with Crippen molar-refractivity contribution in [2.24, 2.45) is 88.8 Å². The summed E-state index contributed by atoms with van der Waals surface area (Å²) in [5.74, 6) is 13.8. The lowest BCUT2D eigenvalue weighted by Gasteiger charge is -2.12. The van der Waals surface area contributed by atoms with Gasteiger partial charge in [-0.05, 0) is 95.2 Å². The van der Waals surface area contributed by atoms with E-state index in [4.69, 9.17) is 0 Å². The highest BCUT2D eigenvalue weighted by Crippen LogP contribution is 2.19. The van der Waals surface area contributed by atoms with Crippen LogP contribution in [0, 0.1) is 88.8 Å². The molecule has 0 heterocycles. The zero-order valence-electron chi connectivity index (χ0n) is 90.3. The van der Waals surface area contributed by atoms with Gasteiger partial charge in [-0.2, -0.15) is 0 Å². The molecular weight excluding hydrogens is 1350 g/mol. The Hall–Kier alpha value is 0. The molecule has 0 bridgehead atoms. The number of rotatable bonds is 48. The normalized spacial score (nSPS) is 11.3. The van der Waals surface area contributed by atoms with Gasteiger partial charge in [-0.3, -0.25) is 0 Å². The van der Waals surface area contributed by atoms with Gasteiger partial charge in [0, 0.05) is 0 Å². The van der Waals surface area contributed by atoms with Crippen LogP contribution in [0.4, 0.5) is 0 Å². The average molecular weight is 1610 g/mol. The Labute approximate surface area is 731 Å². The highest BCUT2D eigenvalue weighted by atomic mass is 14.1. The summed E-state index contributed by atoms with van der Waals surface area (Å²) < 4.78 is 0. The highest BCUT2D eigenvalue weighted by Gasteiger charge is 2.05. The smallest absolute Gasteiger partial charge is 0.0420 e. The second kappa shape index (κ2) is 152. The van der Waals surface area contributed by atoms with E-state index >= 15 is 0 Å². The first-order valence-corrected chi connectivity index (χ1v) is 52.3. The van der Waals surface area contributed by atoms with Gasteiger partial charge in [0.15, 0.2) is 0 Å². The third-order valence-corrected chi connectivity index (χ3v) is 21.6. The molecule has 0 radical (unpaired) electrons. The van der Waals surface area contributed by atoms with Gasteiger partial charge in [0.25, 0.3) is 0 Å². The Balaban J connectivity index is -0.0000000575. The largest absolute Gasteiger partial charge is 0.0776 e. The fraction of sp³-hybridized carbons (Fsp3) is 1.00. The van der Waals surface area contributed by atoms with Crippen LogP contribution in [-0.4, -0.2) is 0 Å². The standard InChI is InChI=1S/C10H22.2C9H20.3C8H18.3C7H16.4C6H14.2C5H12.C4H10.CH4/c1-4-6-8-10(3)9-7-5-2;1-4-6-8-9(3)7-5-2;1-4-7-8-9(5-2)6-3;1-5-8(4)6-7(2)3;1-5-6-8(4)7(2)3;1-4-6-7-8(3)5-2;1-4-5-6-7(2)3;1-4-6-7(3)5-2;1-3-5-7-6-4-2;1-5(2)6(3)4;1-4-5-6(2)3;1-4-6(3)5-2;1-3-5-6-4-2;1-4-5(2)3;1-3-5-4-2;1-3-4-2;/h10H,4-9H2,1-3H3;2*9H,4-8H2,1-3H3;2*7-8H,5-6H2,1-4H3;8H,4-7H2,1-3H3;2*7H,4-6H2,1-3H3;3-7H2,1-2H3;5-6H,1-4H3;2*6H,4-5H2,1-3H3;3-6H2,1-2H3;5H,4H2,1-3H3;3-5H2,1-2H3;3-4H2,1-2H3;1H4. The van der Waals surface area contributed by atoms with Crippen LogP contribution >= 0.6 is 0 Å². The minimum atomic E-state index is 0. The summed E-state index contributed by atoms with van der Waals surface area (Å²) in [5.41, 5.74) is 0. The lowest BCUT2D eigenvalue weighted by atomic mass is 9.94. The lowest BCUT2D eigenvalue weighted by Crippen LogP contribution is -2.02. The molecule has 0 heteroatoms. The summed E-state index contributed by atoms with van der Waals surface area (Å²) in [4.78, 5) is 0. The molecule has 0 N–H and O–H groups in total. The Morgan fingerprint density at radius 1 is 0.143 bits per heavy atom. The SMILES string of the molecule is C.CC(C)C(C)C.CCC(C)C.CCC(C)CC.CCC(C)CC(C)C.CCCC.CCCC(C)C.CCCC(C)C(C)C.CCCC(C)CC.CCCCC.CCCCC(C)C.CCCCC(C)CC.CCCCC(C)CCC.CCCCC(C)CCCC.CCCCC(CC)CC.CCCCCC.CCCCCCC. The molecule has 0 aromatic heterocycles. The van der Waals surface area contributed by atoms with Gasteiger partial charge in [-0.25, -0.2) is 0 Å². The number of hydrogen-bond acceptors (Lipinski definition) is 0. The van der Waals surface area contributed by atoms with E-state index in [-0.39, 0.29) is 7.43 Å². The number of unbranched alkanes of at least 4 members (excludes halogenated alkanes) is 16. The molecule has 0 aliphatic carbocycles. The molecule has 0 saturated heterocycles. The van der Waals surface area contributed by atoms with Crippen molar-refractivity contribution in [3.05, 3.63) is 0 Å². The van der Waals surface area contributed by atoms with Crippen molar-refractivity contribution in [3.63, 3.8) is 0 Å². The van der Waals surface area contributed by atoms with Gasteiger partial charge in [0.05, 0.1) is 0 Å². The fourth-order valence-corrected chi connectivity index (χ4v) is 9.85. The first kappa shape index (κ1) is 153. The molecule has 0 aromatic carbocycles. The van der Waals surface area contributed by atoms with E-state index in [1.807, 2.05) is 0 Å². The zero-order valence-corrected chi connectivity index (χ0v) is 90.3. The Morgan fingerprint density at radius 3 is 0.536 bits per heavy atom. The molecule has 0 aromatic rings. The number of hydrogen-bond donors (Lipinski definition) is 0. The van der Waals surface area contributed by atoms with Crippen LogP contribution in [0.15, 0.2) is 0 Å². The van der Waals surface area contributed by atoms with Gasteiger partial charge in [-0.15, -0.1) is 0 Å². The molecule has 0 saturated carbocycles. The zero-order chi connectivity index (χ0) is 90.3. The molecule has 0 aliphatic heterocycles. The van der Waals surface area contributed by atoms with Crippen molar-refractivity contribution >= 4 is 0 Å². The molecule has 0 amide bonds. The minimum absolute atomic E-state index is 0. The van der Waals surface area contributed by atoms with Crippen molar-refractivity contribution in [1.82, 2.24) is 0 Å². The first-order valence-electron chi connectivity index (χ1n) is 52.3. The predicted molar refractivity (Wildman–Crippen MR) is 552 cm³/mol. The molecular formula is C112H258. The van der Waals surface area contributed by atoms with Crippen LogP contribution in [0.1, 0.15) is 647 Å². The fourth-order valence-electron chi connectivity index (χ4n) is 9.85. The van der Waals surface area contributed by atoms with Crippen molar-refractivity contribution in [2.45, 2.75) is 647 Å². The van der Waals surface area contributed by atoms with Gasteiger partial charge >= 0.3 is 0 Å². The maximum atomic E-state index is 2.38. The predicted octanol–water partition coefficient (Wildman–Crippen LogP) is 45.7. The Morgan fingerprint density at radius 2 is 0.384 bits per heavy atom. The van der Waals surface area contributed by atoms with Crippen LogP contribution in [0.2, 0.25) is 0 Å². The summed E-state index contributed by atoms with van der Waals surface area (Å²) in [6.07, 6.45) is 67.5. The summed E-state index contributed by atoms with van der Waals surface area (Å²) >= 11 is 0. The molecule has 5 atom stereocenters. The summed E-state index contributed by atoms with van der Waals surface area (Å²) in [6.45, 7) is 106. The van der Waals surface area contributed by atoms with E-state index < -0.39 is 0 Å². The van der Waals surface area contributed by atoms with Crippen molar-refractivity contribution < 1.29 is 0 Å². The highest BCUT2D eigenvalue weighted by molar-refractivity contribution is 4.57. The molecule has 0 aliphatic rings. The van der Waals surface area contributed by atoms with Gasteiger partial charge in [0.1, 0.15) is 0 Å². The van der Waals surface area contributed by atoms with Crippen LogP contribution in [0.25, 0.3) is 0 Å². The van der Waals surface area contributed by atoms with Crippen molar-refractivity contribution in [3.8, 4) is 0 Å². The summed E-state index contributed by atoms with van der Waals surface area (Å²) in [5, 5.41) is 0. The Kier molecular flexibility index (Phi) is 208. The quantitative estimate of drug-likeness (QED) is 0.0533. The maximum Gasteiger partial charge on any atom is -0.0420 e. The van der Waals surface area contributed by atoms with Crippen LogP contribution in [0.5, 0.6) is 0 Å². The molecule has 5 unspecified atom stereocenters. The van der Waals surface area contributed by atoms with E-state index in [2.05, 4.69) is 325 Å². The second-order valence-corrected chi connectivity index (χ2v) is 37.4. The molecule has 0 nitrogen and oxygen atoms in total. The van der Waals surface area contributed by atoms with E-state index in [0.717, 1.165) is 88.8 Å². The van der Waals surface area contributed by atoms with Gasteiger partial charge in [0.2, 0.25) is 0 Å². The molecule has 112 heavy (non-hydrogen) atoms. The monoisotopic (exact) mass is 1600 g/mol. The average Bonchev–Trinajstić information content (AvgIpc) is 1.05. The first-order chi connectivity index (χ1) is 52.3.